The van der Waals surface area contributed by atoms with E-state index in [4.69, 9.17) is 0 Å². The Morgan fingerprint density at radius 1 is 1.41 bits per heavy atom. The molecule has 1 unspecified atom stereocenters. The Morgan fingerprint density at radius 3 is 2.82 bits per heavy atom. The average Bonchev–Trinajstić information content (AvgIpc) is 3.44. The quantitative estimate of drug-likeness (QED) is 0.488. The summed E-state index contributed by atoms with van der Waals surface area (Å²) in [5.41, 5.74) is 3.80. The number of anilines is 1. The van der Waals surface area contributed by atoms with E-state index in [-0.39, 0.29) is 12.5 Å². The number of nitrogens with one attached hydrogen (secondary N) is 1. The van der Waals surface area contributed by atoms with Crippen LogP contribution < -0.4 is 10.2 Å². The highest BCUT2D eigenvalue weighted by molar-refractivity contribution is 7.15. The molecule has 180 valence electrons. The van der Waals surface area contributed by atoms with Gasteiger partial charge in [0.15, 0.2) is 5.65 Å². The number of aryl methyl sites for hydroxylation is 1. The maximum atomic E-state index is 13.8. The van der Waals surface area contributed by atoms with Gasteiger partial charge in [0, 0.05) is 36.9 Å². The lowest BCUT2D eigenvalue weighted by Gasteiger charge is -2.31. The lowest BCUT2D eigenvalue weighted by atomic mass is 10.1. The van der Waals surface area contributed by atoms with Crippen LogP contribution >= 0.6 is 11.3 Å². The van der Waals surface area contributed by atoms with Crippen LogP contribution in [0.3, 0.4) is 0 Å². The zero-order valence-electron chi connectivity index (χ0n) is 19.7. The number of fused-ring (bicyclic) bond motifs is 1. The molecule has 1 fully saturated rings. The predicted octanol–water partition coefficient (Wildman–Crippen LogP) is 4.39. The Hall–Kier alpha value is -3.04. The first-order valence-corrected chi connectivity index (χ1v) is 12.3. The molecule has 3 aromatic rings. The monoisotopic (exact) mass is 483 g/mol. The largest absolute Gasteiger partial charge is 0.372 e. The number of alkyl halides is 1. The molecule has 1 atom stereocenters. The Morgan fingerprint density at radius 2 is 2.18 bits per heavy atom. The van der Waals surface area contributed by atoms with Gasteiger partial charge in [-0.3, -0.25) is 14.2 Å². The number of carbonyl (C=O) groups excluding carboxylic acids is 1. The van der Waals surface area contributed by atoms with Gasteiger partial charge in [0.2, 0.25) is 0 Å². The first-order valence-electron chi connectivity index (χ1n) is 11.5. The number of rotatable bonds is 7. The normalized spacial score (nSPS) is 16.5. The van der Waals surface area contributed by atoms with Gasteiger partial charge in [-0.1, -0.05) is 6.08 Å². The van der Waals surface area contributed by atoms with Crippen molar-refractivity contribution in [1.82, 2.24) is 14.7 Å². The summed E-state index contributed by atoms with van der Waals surface area (Å²) in [7, 11) is 0. The van der Waals surface area contributed by atoms with Gasteiger partial charge in [0.25, 0.3) is 5.91 Å². The zero-order chi connectivity index (χ0) is 24.2. The third kappa shape index (κ3) is 5.37. The number of thiophene rings is 1. The Balaban J connectivity index is 1.69. The van der Waals surface area contributed by atoms with Crippen molar-refractivity contribution in [2.45, 2.75) is 46.0 Å². The molecule has 1 amide bonds. The molecule has 34 heavy (non-hydrogen) atoms. The lowest BCUT2D eigenvalue weighted by molar-refractivity contribution is 0.0957. The van der Waals surface area contributed by atoms with Gasteiger partial charge < -0.3 is 15.3 Å². The molecular weight excluding hydrogens is 453 g/mol. The molecule has 1 aliphatic heterocycles. The molecule has 4 heterocycles. The van der Waals surface area contributed by atoms with E-state index >= 15 is 0 Å². The Labute approximate surface area is 202 Å². The molecule has 1 saturated heterocycles. The minimum Gasteiger partial charge on any atom is -0.372 e. The summed E-state index contributed by atoms with van der Waals surface area (Å²) in [6.45, 7) is 6.94. The third-order valence-corrected chi connectivity index (χ3v) is 6.91. The number of aliphatic hydroxyl groups is 1. The first-order chi connectivity index (χ1) is 16.4. The van der Waals surface area contributed by atoms with Crippen LogP contribution in [0.5, 0.6) is 0 Å². The molecular formula is C25H30FN5O2S. The van der Waals surface area contributed by atoms with Crippen molar-refractivity contribution in [3.05, 3.63) is 52.7 Å². The van der Waals surface area contributed by atoms with Gasteiger partial charge in [0.05, 0.1) is 28.0 Å². The van der Waals surface area contributed by atoms with E-state index in [1.807, 2.05) is 35.9 Å². The number of allylic oxidation sites excluding steroid dienone is 1. The number of pyridine rings is 1. The summed E-state index contributed by atoms with van der Waals surface area (Å²) in [4.78, 5) is 26.2. The molecule has 9 heteroatoms. The topological polar surface area (TPSA) is 82.2 Å². The van der Waals surface area contributed by atoms with Crippen LogP contribution in [0.1, 0.15) is 41.9 Å². The van der Waals surface area contributed by atoms with Crippen LogP contribution in [0.2, 0.25) is 0 Å². The molecule has 0 aromatic carbocycles. The minimum atomic E-state index is -0.801. The van der Waals surface area contributed by atoms with E-state index < -0.39 is 12.4 Å². The summed E-state index contributed by atoms with van der Waals surface area (Å²) < 4.78 is 15.8. The fourth-order valence-corrected chi connectivity index (χ4v) is 4.85. The van der Waals surface area contributed by atoms with Gasteiger partial charge in [0.1, 0.15) is 12.4 Å². The van der Waals surface area contributed by atoms with Crippen molar-refractivity contribution < 1.29 is 14.3 Å². The predicted molar refractivity (Wildman–Crippen MR) is 136 cm³/mol. The number of aliphatic imine (C=N–C) groups is 1. The maximum Gasteiger partial charge on any atom is 0.253 e. The van der Waals surface area contributed by atoms with Crippen molar-refractivity contribution in [1.29, 1.82) is 0 Å². The number of amides is 1. The van der Waals surface area contributed by atoms with Crippen LogP contribution in [0.25, 0.3) is 16.2 Å². The number of imidazole rings is 1. The smallest absolute Gasteiger partial charge is 0.253 e. The van der Waals surface area contributed by atoms with Crippen molar-refractivity contribution in [2.75, 3.05) is 24.5 Å². The molecule has 0 aliphatic carbocycles. The highest BCUT2D eigenvalue weighted by atomic mass is 32.1. The number of nitrogens with zero attached hydrogens (tertiary/aromatic N) is 4. The van der Waals surface area contributed by atoms with E-state index in [1.165, 1.54) is 4.88 Å². The second-order valence-electron chi connectivity index (χ2n) is 8.48. The molecule has 2 N–H and O–H groups in total. The summed E-state index contributed by atoms with van der Waals surface area (Å²) in [6, 6.07) is 5.97. The molecule has 0 radical (unpaired) electrons. The highest BCUT2D eigenvalue weighted by Gasteiger charge is 2.23. The molecule has 7 nitrogen and oxygen atoms in total. The lowest BCUT2D eigenvalue weighted by Crippen LogP contribution is -2.35. The van der Waals surface area contributed by atoms with E-state index in [0.29, 0.717) is 31.5 Å². The number of piperidine rings is 1. The maximum absolute atomic E-state index is 13.8. The van der Waals surface area contributed by atoms with E-state index in [9.17, 15) is 14.3 Å². The van der Waals surface area contributed by atoms with E-state index in [0.717, 1.165) is 27.5 Å². The van der Waals surface area contributed by atoms with Gasteiger partial charge in [-0.25, -0.2) is 9.37 Å². The number of carbonyl (C=O) groups is 1. The van der Waals surface area contributed by atoms with Gasteiger partial charge in [-0.15, -0.1) is 11.3 Å². The minimum absolute atomic E-state index is 0.227. The standard InChI is InChI=1S/C25H30FN5O2S/c1-4-18(12-27-17(3)32)13-29-25(33)19-11-21(30-9-7-20(26)8-10-30)24-28-14-22(31(24)15-19)23-6-5-16(2)34-23/h4-6,11-12,14-15,17,20,32H,7-10,13H2,1-3H3,(H,29,33)/b18-4+,27-12-. The Kier molecular flexibility index (Phi) is 7.43. The summed E-state index contributed by atoms with van der Waals surface area (Å²) in [5, 5.41) is 12.3. The van der Waals surface area contributed by atoms with Crippen molar-refractivity contribution in [3.8, 4) is 10.6 Å². The number of aliphatic hydroxyl groups excluding tert-OH is 1. The average molecular weight is 484 g/mol. The second kappa shape index (κ2) is 10.5. The van der Waals surface area contributed by atoms with Crippen LogP contribution in [0.4, 0.5) is 10.1 Å². The third-order valence-electron chi connectivity index (χ3n) is 5.89. The van der Waals surface area contributed by atoms with Crippen LogP contribution in [-0.2, 0) is 0 Å². The zero-order valence-corrected chi connectivity index (χ0v) is 20.5. The van der Waals surface area contributed by atoms with E-state index in [2.05, 4.69) is 39.2 Å². The summed E-state index contributed by atoms with van der Waals surface area (Å²) in [6.07, 6.45) is 6.39. The van der Waals surface area contributed by atoms with Gasteiger partial charge in [-0.2, -0.15) is 0 Å². The molecule has 0 saturated carbocycles. The van der Waals surface area contributed by atoms with Gasteiger partial charge >= 0.3 is 0 Å². The SMILES string of the molecule is C/C=C(\C=N/C(C)O)CNC(=O)c1cc(N2CCC(F)CC2)c2ncc(-c3ccc(C)s3)n2c1. The fraction of sp³-hybridized carbons (Fsp3) is 0.400. The van der Waals surface area contributed by atoms with Crippen molar-refractivity contribution in [2.24, 2.45) is 4.99 Å². The number of aromatic nitrogens is 2. The van der Waals surface area contributed by atoms with Crippen LogP contribution in [0.15, 0.2) is 47.2 Å². The molecule has 0 spiro atoms. The summed E-state index contributed by atoms with van der Waals surface area (Å²) in [5.74, 6) is -0.227. The van der Waals surface area contributed by atoms with Crippen molar-refractivity contribution in [3.63, 3.8) is 0 Å². The Bertz CT molecular complexity index is 1220. The molecule has 1 aliphatic rings. The molecule has 3 aromatic heterocycles. The fourth-order valence-electron chi connectivity index (χ4n) is 3.98. The van der Waals surface area contributed by atoms with Crippen LogP contribution in [-0.4, -0.2) is 58.6 Å². The molecule has 4 rings (SSSR count). The van der Waals surface area contributed by atoms with Crippen LogP contribution in [0, 0.1) is 6.92 Å². The first kappa shape index (κ1) is 24.1. The number of halogens is 1. The second-order valence-corrected chi connectivity index (χ2v) is 9.77. The molecule has 0 bridgehead atoms. The highest BCUT2D eigenvalue weighted by Crippen LogP contribution is 2.33. The van der Waals surface area contributed by atoms with Gasteiger partial charge in [-0.05, 0) is 57.4 Å². The number of hydrogen-bond donors (Lipinski definition) is 2. The summed E-state index contributed by atoms with van der Waals surface area (Å²) >= 11 is 1.67. The number of hydrogen-bond acceptors (Lipinski definition) is 6. The van der Waals surface area contributed by atoms with E-state index in [1.54, 1.807) is 24.5 Å². The van der Waals surface area contributed by atoms with Crippen molar-refractivity contribution >= 4 is 34.8 Å².